The molecular formula is C11H15N3O3. The molecule has 6 nitrogen and oxygen atoms in total. The minimum Gasteiger partial charge on any atom is -0.479 e. The van der Waals surface area contributed by atoms with Gasteiger partial charge in [0.2, 0.25) is 0 Å². The van der Waals surface area contributed by atoms with Gasteiger partial charge in [0.15, 0.2) is 11.4 Å². The molecule has 0 atom stereocenters. The van der Waals surface area contributed by atoms with E-state index in [-0.39, 0.29) is 0 Å². The summed E-state index contributed by atoms with van der Waals surface area (Å²) in [6, 6.07) is 6.60. The molecule has 6 heteroatoms. The zero-order valence-corrected chi connectivity index (χ0v) is 9.43. The molecule has 1 aromatic carbocycles. The van der Waals surface area contributed by atoms with Crippen LogP contribution < -0.4 is 16.8 Å². The molecule has 1 rings (SSSR count). The highest BCUT2D eigenvalue weighted by molar-refractivity contribution is 5.99. The number of nitrogens with two attached hydrogens (primary N) is 2. The van der Waals surface area contributed by atoms with Crippen LogP contribution in [-0.2, 0) is 4.79 Å². The van der Waals surface area contributed by atoms with E-state index in [1.54, 1.807) is 31.3 Å². The number of carboxylic acids is 1. The van der Waals surface area contributed by atoms with Crippen LogP contribution in [0, 0.1) is 0 Å². The number of anilines is 1. The molecule has 0 unspecified atom stereocenters. The van der Waals surface area contributed by atoms with Crippen molar-refractivity contribution < 1.29 is 14.7 Å². The summed E-state index contributed by atoms with van der Waals surface area (Å²) in [5.41, 5.74) is 9.80. The van der Waals surface area contributed by atoms with Crippen LogP contribution in [-0.4, -0.2) is 29.6 Å². The Bertz CT molecular complexity index is 426. The summed E-state index contributed by atoms with van der Waals surface area (Å²) in [4.78, 5) is 22.4. The van der Waals surface area contributed by atoms with Gasteiger partial charge in [-0.1, -0.05) is 0 Å². The van der Waals surface area contributed by atoms with E-state index in [9.17, 15) is 9.59 Å². The SMILES string of the molecule is CNc1ccc(C(=O)CC(N)(N)C(=O)O)cc1. The van der Waals surface area contributed by atoms with Gasteiger partial charge in [-0.15, -0.1) is 0 Å². The van der Waals surface area contributed by atoms with Crippen molar-refractivity contribution in [3.05, 3.63) is 29.8 Å². The van der Waals surface area contributed by atoms with Crippen molar-refractivity contribution in [3.63, 3.8) is 0 Å². The van der Waals surface area contributed by atoms with Crippen LogP contribution in [0.4, 0.5) is 5.69 Å². The Balaban J connectivity index is 2.80. The standard InChI is InChI=1S/C11H15N3O3/c1-14-8-4-2-7(3-5-8)9(15)6-11(12,13)10(16)17/h2-5,14H,6,12-13H2,1H3,(H,16,17). The molecule has 0 saturated heterocycles. The molecule has 0 radical (unpaired) electrons. The summed E-state index contributed by atoms with van der Waals surface area (Å²) >= 11 is 0. The van der Waals surface area contributed by atoms with E-state index in [4.69, 9.17) is 16.6 Å². The van der Waals surface area contributed by atoms with Gasteiger partial charge in [-0.25, -0.2) is 4.79 Å². The second-order valence-electron chi connectivity index (χ2n) is 3.77. The van der Waals surface area contributed by atoms with Gasteiger partial charge >= 0.3 is 5.97 Å². The van der Waals surface area contributed by atoms with Crippen LogP contribution in [0.25, 0.3) is 0 Å². The lowest BCUT2D eigenvalue weighted by Gasteiger charge is -2.17. The monoisotopic (exact) mass is 237 g/mol. The number of carbonyl (C=O) groups excluding carboxylic acids is 1. The number of hydrogen-bond acceptors (Lipinski definition) is 5. The fourth-order valence-electron chi connectivity index (χ4n) is 1.27. The summed E-state index contributed by atoms with van der Waals surface area (Å²) in [5.74, 6) is -1.81. The average Bonchev–Trinajstić information content (AvgIpc) is 2.28. The summed E-state index contributed by atoms with van der Waals surface area (Å²) in [5, 5.41) is 11.6. The minimum atomic E-state index is -2.03. The number of carbonyl (C=O) groups is 2. The van der Waals surface area contributed by atoms with Crippen LogP contribution in [0.3, 0.4) is 0 Å². The fraction of sp³-hybridized carbons (Fsp3) is 0.273. The normalized spacial score (nSPS) is 11.0. The first kappa shape index (κ1) is 13.1. The second-order valence-corrected chi connectivity index (χ2v) is 3.77. The van der Waals surface area contributed by atoms with Gasteiger partial charge in [0.25, 0.3) is 0 Å². The molecule has 0 aromatic heterocycles. The van der Waals surface area contributed by atoms with Crippen molar-refractivity contribution in [3.8, 4) is 0 Å². The Morgan fingerprint density at radius 1 is 1.29 bits per heavy atom. The molecular weight excluding hydrogens is 222 g/mol. The van der Waals surface area contributed by atoms with Crippen molar-refractivity contribution in [1.29, 1.82) is 0 Å². The highest BCUT2D eigenvalue weighted by Gasteiger charge is 2.31. The van der Waals surface area contributed by atoms with Gasteiger partial charge in [0.1, 0.15) is 0 Å². The third kappa shape index (κ3) is 3.27. The lowest BCUT2D eigenvalue weighted by atomic mass is 10.00. The average molecular weight is 237 g/mol. The predicted molar refractivity (Wildman–Crippen MR) is 63.7 cm³/mol. The van der Waals surface area contributed by atoms with Gasteiger partial charge in [0, 0.05) is 18.3 Å². The molecule has 0 amide bonds. The summed E-state index contributed by atoms with van der Waals surface area (Å²) < 4.78 is 0. The molecule has 6 N–H and O–H groups in total. The molecule has 0 aliphatic heterocycles. The van der Waals surface area contributed by atoms with Crippen LogP contribution >= 0.6 is 0 Å². The molecule has 0 saturated carbocycles. The summed E-state index contributed by atoms with van der Waals surface area (Å²) in [6.07, 6.45) is -0.443. The first-order valence-electron chi connectivity index (χ1n) is 4.99. The Hall–Kier alpha value is -1.92. The number of rotatable bonds is 5. The molecule has 92 valence electrons. The van der Waals surface area contributed by atoms with Gasteiger partial charge in [-0.3, -0.25) is 4.79 Å². The number of hydrogen-bond donors (Lipinski definition) is 4. The molecule has 0 heterocycles. The maximum Gasteiger partial charge on any atom is 0.338 e. The zero-order chi connectivity index (χ0) is 13.1. The molecule has 0 aliphatic carbocycles. The highest BCUT2D eigenvalue weighted by atomic mass is 16.4. The van der Waals surface area contributed by atoms with Crippen molar-refractivity contribution in [2.45, 2.75) is 12.1 Å². The number of Topliss-reactive ketones (excluding diaryl/α,β-unsaturated/α-hetero) is 1. The van der Waals surface area contributed by atoms with Crippen LogP contribution in [0.15, 0.2) is 24.3 Å². The van der Waals surface area contributed by atoms with E-state index in [1.165, 1.54) is 0 Å². The zero-order valence-electron chi connectivity index (χ0n) is 9.43. The molecule has 0 spiro atoms. The largest absolute Gasteiger partial charge is 0.479 e. The van der Waals surface area contributed by atoms with Crippen LogP contribution in [0.2, 0.25) is 0 Å². The predicted octanol–water partition coefficient (Wildman–Crippen LogP) is -0.000600. The number of carboxylic acid groups (broad SMARTS) is 1. The smallest absolute Gasteiger partial charge is 0.338 e. The third-order valence-corrected chi connectivity index (χ3v) is 2.35. The summed E-state index contributed by atoms with van der Waals surface area (Å²) in [6.45, 7) is 0. The van der Waals surface area contributed by atoms with E-state index >= 15 is 0 Å². The van der Waals surface area contributed by atoms with E-state index in [1.807, 2.05) is 0 Å². The van der Waals surface area contributed by atoms with Crippen molar-refractivity contribution in [1.82, 2.24) is 0 Å². The lowest BCUT2D eigenvalue weighted by molar-refractivity contribution is -0.143. The minimum absolute atomic E-state index is 0.380. The molecule has 17 heavy (non-hydrogen) atoms. The summed E-state index contributed by atoms with van der Waals surface area (Å²) in [7, 11) is 1.76. The van der Waals surface area contributed by atoms with E-state index in [0.29, 0.717) is 5.56 Å². The molecule has 0 bridgehead atoms. The van der Waals surface area contributed by atoms with E-state index < -0.39 is 23.8 Å². The third-order valence-electron chi connectivity index (χ3n) is 2.35. The maximum atomic E-state index is 11.7. The topological polar surface area (TPSA) is 118 Å². The van der Waals surface area contributed by atoms with Gasteiger partial charge in [-0.05, 0) is 24.3 Å². The van der Waals surface area contributed by atoms with E-state index in [0.717, 1.165) is 5.69 Å². The van der Waals surface area contributed by atoms with Crippen molar-refractivity contribution >= 4 is 17.4 Å². The first-order valence-corrected chi connectivity index (χ1v) is 4.99. The quantitative estimate of drug-likeness (QED) is 0.423. The first-order chi connectivity index (χ1) is 7.86. The number of nitrogens with one attached hydrogen (secondary N) is 1. The van der Waals surface area contributed by atoms with Crippen LogP contribution in [0.5, 0.6) is 0 Å². The number of ketones is 1. The van der Waals surface area contributed by atoms with E-state index in [2.05, 4.69) is 5.32 Å². The van der Waals surface area contributed by atoms with Crippen LogP contribution in [0.1, 0.15) is 16.8 Å². The molecule has 0 fully saturated rings. The van der Waals surface area contributed by atoms with Gasteiger partial charge in [0.05, 0.1) is 6.42 Å². The molecule has 1 aromatic rings. The Labute approximate surface area is 98.6 Å². The highest BCUT2D eigenvalue weighted by Crippen LogP contribution is 2.12. The van der Waals surface area contributed by atoms with Gasteiger partial charge in [-0.2, -0.15) is 0 Å². The number of benzene rings is 1. The molecule has 0 aliphatic rings. The van der Waals surface area contributed by atoms with Gasteiger partial charge < -0.3 is 21.9 Å². The Morgan fingerprint density at radius 3 is 2.24 bits per heavy atom. The van der Waals surface area contributed by atoms with Crippen molar-refractivity contribution in [2.75, 3.05) is 12.4 Å². The Kier molecular flexibility index (Phi) is 3.82. The maximum absolute atomic E-state index is 11.7. The van der Waals surface area contributed by atoms with Crippen molar-refractivity contribution in [2.24, 2.45) is 11.5 Å². The number of aliphatic carboxylic acids is 1. The lowest BCUT2D eigenvalue weighted by Crippen LogP contribution is -2.57. The Morgan fingerprint density at radius 2 is 1.82 bits per heavy atom. The second kappa shape index (κ2) is 4.94. The fourth-order valence-corrected chi connectivity index (χ4v) is 1.27.